The summed E-state index contributed by atoms with van der Waals surface area (Å²) in [6, 6.07) is 5.19. The van der Waals surface area contributed by atoms with E-state index in [4.69, 9.17) is 27.9 Å². The summed E-state index contributed by atoms with van der Waals surface area (Å²) < 4.78 is 5.33. The van der Waals surface area contributed by atoms with Gasteiger partial charge < -0.3 is 4.74 Å². The molecule has 0 radical (unpaired) electrons. The molecule has 0 atom stereocenters. The summed E-state index contributed by atoms with van der Waals surface area (Å²) in [5.41, 5.74) is 1.76. The van der Waals surface area contributed by atoms with Crippen LogP contribution in [0, 0.1) is 0 Å². The molecular formula is C17H17Cl2N3O2S. The zero-order valence-electron chi connectivity index (χ0n) is 13.4. The molecule has 2 aromatic rings. The van der Waals surface area contributed by atoms with Crippen LogP contribution in [0.25, 0.3) is 6.08 Å². The van der Waals surface area contributed by atoms with Crippen molar-refractivity contribution in [3.05, 3.63) is 51.0 Å². The predicted octanol–water partition coefficient (Wildman–Crippen LogP) is 3.93. The van der Waals surface area contributed by atoms with Gasteiger partial charge >= 0.3 is 0 Å². The maximum Gasteiger partial charge on any atom is 0.250 e. The van der Waals surface area contributed by atoms with Crippen LogP contribution in [0.4, 0.5) is 5.13 Å². The van der Waals surface area contributed by atoms with Crippen LogP contribution in [0.3, 0.4) is 0 Å². The normalized spacial score (nSPS) is 15.6. The lowest BCUT2D eigenvalue weighted by Gasteiger charge is -2.25. The highest BCUT2D eigenvalue weighted by Gasteiger charge is 2.13. The number of morpholine rings is 1. The van der Waals surface area contributed by atoms with Gasteiger partial charge in [0.2, 0.25) is 5.91 Å². The summed E-state index contributed by atoms with van der Waals surface area (Å²) in [4.78, 5) is 18.8. The topological polar surface area (TPSA) is 54.5 Å². The third-order valence-electron chi connectivity index (χ3n) is 3.64. The minimum absolute atomic E-state index is 0.238. The molecule has 1 amide bonds. The van der Waals surface area contributed by atoms with Crippen LogP contribution < -0.4 is 5.32 Å². The first kappa shape index (κ1) is 18.4. The number of anilines is 1. The lowest BCUT2D eigenvalue weighted by Crippen LogP contribution is -2.35. The maximum atomic E-state index is 12.0. The highest BCUT2D eigenvalue weighted by Crippen LogP contribution is 2.23. The Hall–Kier alpha value is -1.44. The van der Waals surface area contributed by atoms with Gasteiger partial charge in [0.05, 0.1) is 29.0 Å². The number of hydrogen-bond acceptors (Lipinski definition) is 5. The van der Waals surface area contributed by atoms with E-state index >= 15 is 0 Å². The highest BCUT2D eigenvalue weighted by atomic mass is 35.5. The fraction of sp³-hybridized carbons (Fsp3) is 0.294. The smallest absolute Gasteiger partial charge is 0.250 e. The van der Waals surface area contributed by atoms with Crippen molar-refractivity contribution < 1.29 is 9.53 Å². The summed E-state index contributed by atoms with van der Waals surface area (Å²) in [6.45, 7) is 4.10. The molecule has 1 aromatic carbocycles. The number of rotatable bonds is 5. The Labute approximate surface area is 160 Å². The molecule has 5 nitrogen and oxygen atoms in total. The van der Waals surface area contributed by atoms with E-state index in [2.05, 4.69) is 15.2 Å². The number of halogens is 2. The summed E-state index contributed by atoms with van der Waals surface area (Å²) >= 11 is 13.2. The van der Waals surface area contributed by atoms with Gasteiger partial charge in [-0.15, -0.1) is 11.3 Å². The molecule has 3 rings (SSSR count). The van der Waals surface area contributed by atoms with Gasteiger partial charge in [-0.3, -0.25) is 15.0 Å². The summed E-state index contributed by atoms with van der Waals surface area (Å²) in [5.74, 6) is -0.238. The molecule has 1 aromatic heterocycles. The quantitative estimate of drug-likeness (QED) is 0.776. The molecule has 25 heavy (non-hydrogen) atoms. The van der Waals surface area contributed by atoms with Crippen molar-refractivity contribution in [2.45, 2.75) is 6.54 Å². The second kappa shape index (κ2) is 8.78. The van der Waals surface area contributed by atoms with E-state index in [0.717, 1.165) is 44.1 Å². The largest absolute Gasteiger partial charge is 0.379 e. The number of nitrogens with one attached hydrogen (secondary N) is 1. The second-order valence-corrected chi connectivity index (χ2v) is 7.20. The number of hydrogen-bond donors (Lipinski definition) is 1. The monoisotopic (exact) mass is 397 g/mol. The minimum Gasteiger partial charge on any atom is -0.379 e. The van der Waals surface area contributed by atoms with E-state index < -0.39 is 0 Å². The number of ether oxygens (including phenoxy) is 1. The average Bonchev–Trinajstić information content (AvgIpc) is 3.03. The Morgan fingerprint density at radius 3 is 2.88 bits per heavy atom. The van der Waals surface area contributed by atoms with Gasteiger partial charge in [-0.1, -0.05) is 29.3 Å². The fourth-order valence-electron chi connectivity index (χ4n) is 2.36. The van der Waals surface area contributed by atoms with E-state index in [1.165, 1.54) is 17.4 Å². The molecule has 0 aliphatic carbocycles. The van der Waals surface area contributed by atoms with Crippen molar-refractivity contribution >= 4 is 51.7 Å². The van der Waals surface area contributed by atoms with Crippen molar-refractivity contribution in [2.75, 3.05) is 31.6 Å². The number of nitrogens with zero attached hydrogens (tertiary/aromatic N) is 2. The van der Waals surface area contributed by atoms with E-state index in [0.29, 0.717) is 15.2 Å². The number of carbonyl (C=O) groups is 1. The zero-order valence-corrected chi connectivity index (χ0v) is 15.7. The Morgan fingerprint density at radius 1 is 1.32 bits per heavy atom. The van der Waals surface area contributed by atoms with Crippen molar-refractivity contribution in [2.24, 2.45) is 0 Å². The van der Waals surface area contributed by atoms with Crippen LogP contribution in [0.1, 0.15) is 11.3 Å². The van der Waals surface area contributed by atoms with E-state index in [-0.39, 0.29) is 5.91 Å². The van der Waals surface area contributed by atoms with Crippen LogP contribution in [-0.2, 0) is 16.1 Å². The number of benzene rings is 1. The number of aromatic nitrogens is 1. The Balaban J connectivity index is 1.54. The molecule has 1 fully saturated rings. The first-order valence-electron chi connectivity index (χ1n) is 7.79. The molecule has 8 heteroatoms. The van der Waals surface area contributed by atoms with Crippen LogP contribution >= 0.6 is 34.5 Å². The fourth-order valence-corrected chi connectivity index (χ4v) is 3.37. The number of carbonyl (C=O) groups excluding carboxylic acids is 1. The summed E-state index contributed by atoms with van der Waals surface area (Å²) in [7, 11) is 0. The Morgan fingerprint density at radius 2 is 2.12 bits per heavy atom. The summed E-state index contributed by atoms with van der Waals surface area (Å²) in [6.07, 6.45) is 3.13. The standard InChI is InChI=1S/C17H17Cl2N3O2S/c18-14-3-1-12(9-15(14)19)2-4-16(23)21-17-20-13(11-25-17)10-22-5-7-24-8-6-22/h1-4,9,11H,5-8,10H2,(H,20,21,23)/b4-2+. The minimum atomic E-state index is -0.238. The average molecular weight is 398 g/mol. The zero-order chi connectivity index (χ0) is 17.6. The van der Waals surface area contributed by atoms with Crippen molar-refractivity contribution in [1.82, 2.24) is 9.88 Å². The molecule has 0 spiro atoms. The van der Waals surface area contributed by atoms with Crippen LogP contribution in [0.15, 0.2) is 29.7 Å². The van der Waals surface area contributed by atoms with E-state index in [1.807, 2.05) is 5.38 Å². The van der Waals surface area contributed by atoms with Crippen molar-refractivity contribution in [1.29, 1.82) is 0 Å². The first-order chi connectivity index (χ1) is 12.1. The molecule has 1 aliphatic rings. The van der Waals surface area contributed by atoms with E-state index in [9.17, 15) is 4.79 Å². The molecule has 1 saturated heterocycles. The summed E-state index contributed by atoms with van der Waals surface area (Å²) in [5, 5.41) is 6.27. The SMILES string of the molecule is O=C(/C=C/c1ccc(Cl)c(Cl)c1)Nc1nc(CN2CCOCC2)cs1. The molecular weight excluding hydrogens is 381 g/mol. The molecule has 0 unspecified atom stereocenters. The van der Waals surface area contributed by atoms with Gasteiger partial charge in [-0.2, -0.15) is 0 Å². The van der Waals surface area contributed by atoms with Crippen LogP contribution in [0.2, 0.25) is 10.0 Å². The highest BCUT2D eigenvalue weighted by molar-refractivity contribution is 7.13. The molecule has 0 bridgehead atoms. The third kappa shape index (κ3) is 5.52. The molecule has 1 N–H and O–H groups in total. The van der Waals surface area contributed by atoms with Crippen LogP contribution in [0.5, 0.6) is 0 Å². The maximum absolute atomic E-state index is 12.0. The van der Waals surface area contributed by atoms with Crippen LogP contribution in [-0.4, -0.2) is 42.1 Å². The van der Waals surface area contributed by atoms with Gasteiger partial charge in [-0.05, 0) is 23.8 Å². The second-order valence-electron chi connectivity index (χ2n) is 5.53. The van der Waals surface area contributed by atoms with Gasteiger partial charge in [0.1, 0.15) is 0 Å². The van der Waals surface area contributed by atoms with Gasteiger partial charge in [-0.25, -0.2) is 4.98 Å². The van der Waals surface area contributed by atoms with Gasteiger partial charge in [0.15, 0.2) is 5.13 Å². The van der Waals surface area contributed by atoms with Gasteiger partial charge in [0.25, 0.3) is 0 Å². The van der Waals surface area contributed by atoms with Crippen molar-refractivity contribution in [3.63, 3.8) is 0 Å². The lowest BCUT2D eigenvalue weighted by molar-refractivity contribution is -0.111. The van der Waals surface area contributed by atoms with E-state index in [1.54, 1.807) is 24.3 Å². The molecule has 132 valence electrons. The first-order valence-corrected chi connectivity index (χ1v) is 9.42. The number of thiazole rings is 1. The third-order valence-corrected chi connectivity index (χ3v) is 5.19. The van der Waals surface area contributed by atoms with Crippen molar-refractivity contribution in [3.8, 4) is 0 Å². The Kier molecular flexibility index (Phi) is 6.45. The Bertz CT molecular complexity index is 773. The molecule has 0 saturated carbocycles. The van der Waals surface area contributed by atoms with Gasteiger partial charge in [0, 0.05) is 31.1 Å². The molecule has 2 heterocycles. The lowest BCUT2D eigenvalue weighted by atomic mass is 10.2. The number of amides is 1. The predicted molar refractivity (Wildman–Crippen MR) is 102 cm³/mol. The molecule has 1 aliphatic heterocycles.